The summed E-state index contributed by atoms with van der Waals surface area (Å²) < 4.78 is 52.3. The van der Waals surface area contributed by atoms with E-state index in [2.05, 4.69) is 5.32 Å². The number of fused-ring (bicyclic) bond motifs is 5. The van der Waals surface area contributed by atoms with Crippen molar-refractivity contribution in [2.45, 2.75) is 50.3 Å². The zero-order valence-corrected chi connectivity index (χ0v) is 19.8. The normalized spacial score (nSPS) is 30.3. The van der Waals surface area contributed by atoms with E-state index in [0.29, 0.717) is 6.07 Å². The Kier molecular flexibility index (Phi) is 5.56. The predicted octanol–water partition coefficient (Wildman–Crippen LogP) is 3.93. The number of nitrogens with one attached hydrogen (secondary N) is 1. The van der Waals surface area contributed by atoms with Gasteiger partial charge in [0.05, 0.1) is 40.3 Å². The second kappa shape index (κ2) is 8.31. The highest BCUT2D eigenvalue weighted by Gasteiger charge is 2.77. The number of carbonyl (C=O) groups excluding carboxylic acids is 3. The molecule has 2 aromatic carbocycles. The number of nitrogens with zero attached hydrogens (tertiary/aromatic N) is 2. The molecule has 2 aromatic rings. The van der Waals surface area contributed by atoms with Crippen LogP contribution in [-0.4, -0.2) is 35.2 Å². The van der Waals surface area contributed by atoms with Crippen molar-refractivity contribution in [3.05, 3.63) is 65.2 Å². The first-order valence-corrected chi connectivity index (χ1v) is 11.6. The number of hydrogen-bond donors (Lipinski definition) is 1. The summed E-state index contributed by atoms with van der Waals surface area (Å²) in [6.45, 7) is 3.43. The fourth-order valence-corrected chi connectivity index (χ4v) is 5.85. The van der Waals surface area contributed by atoms with Crippen molar-refractivity contribution >= 4 is 23.6 Å². The molecule has 1 unspecified atom stereocenters. The van der Waals surface area contributed by atoms with Crippen LogP contribution in [0.15, 0.2) is 48.5 Å². The molecule has 3 aliphatic heterocycles. The van der Waals surface area contributed by atoms with E-state index < -0.39 is 64.4 Å². The highest BCUT2D eigenvalue weighted by Crippen LogP contribution is 2.61. The van der Waals surface area contributed by atoms with Crippen LogP contribution in [0.5, 0.6) is 0 Å². The van der Waals surface area contributed by atoms with Gasteiger partial charge in [0.25, 0.3) is 0 Å². The molecule has 3 fully saturated rings. The van der Waals surface area contributed by atoms with Gasteiger partial charge in [0.15, 0.2) is 0 Å². The number of anilines is 1. The maximum Gasteiger partial charge on any atom is 0.417 e. The monoisotopic (exact) mass is 513 g/mol. The number of rotatable bonds is 4. The highest BCUT2D eigenvalue weighted by molar-refractivity contribution is 6.23. The maximum absolute atomic E-state index is 13.5. The van der Waals surface area contributed by atoms with Gasteiger partial charge in [-0.05, 0) is 37.6 Å². The molecule has 3 amide bonds. The van der Waals surface area contributed by atoms with Gasteiger partial charge in [0.2, 0.25) is 11.8 Å². The van der Waals surface area contributed by atoms with Gasteiger partial charge in [-0.1, -0.05) is 30.3 Å². The Hall–Kier alpha value is -3.91. The van der Waals surface area contributed by atoms with E-state index in [1.807, 2.05) is 30.3 Å². The lowest BCUT2D eigenvalue weighted by Gasteiger charge is -2.34. The number of ether oxygens (including phenoxy) is 2. The number of carbonyl (C=O) groups is 3. The van der Waals surface area contributed by atoms with Gasteiger partial charge in [0.1, 0.15) is 11.7 Å². The standard InChI is InChI=1S/C26H22F3N3O5/c1-24-11-18(36-23(35)31-13-14-6-4-3-5-7-14)25(2,37-24)20-19(24)21(33)32(22(20)34)16-9-8-15(12-30)17(10-16)26(27,28)29/h3-10,18-20H,11,13H2,1-2H3,(H,31,35)/t18?,19-,20+,24-,25+/m1/s1. The zero-order valence-electron chi connectivity index (χ0n) is 19.8. The number of alkyl carbamates (subject to hydrolysis) is 1. The van der Waals surface area contributed by atoms with Crippen LogP contribution < -0.4 is 10.2 Å². The zero-order chi connectivity index (χ0) is 26.8. The fourth-order valence-electron chi connectivity index (χ4n) is 5.85. The molecule has 11 heteroatoms. The Morgan fingerprint density at radius 1 is 1.16 bits per heavy atom. The van der Waals surface area contributed by atoms with E-state index in [-0.39, 0.29) is 18.7 Å². The van der Waals surface area contributed by atoms with Gasteiger partial charge >= 0.3 is 12.3 Å². The average Bonchev–Trinajstić information content (AvgIpc) is 3.37. The quantitative estimate of drug-likeness (QED) is 0.621. The van der Waals surface area contributed by atoms with Crippen molar-refractivity contribution in [3.63, 3.8) is 0 Å². The molecule has 192 valence electrons. The van der Waals surface area contributed by atoms with Gasteiger partial charge in [0, 0.05) is 13.0 Å². The van der Waals surface area contributed by atoms with Gasteiger partial charge in [-0.15, -0.1) is 0 Å². The van der Waals surface area contributed by atoms with Crippen LogP contribution >= 0.6 is 0 Å². The van der Waals surface area contributed by atoms with Crippen molar-refractivity contribution in [1.82, 2.24) is 5.32 Å². The molecule has 5 rings (SSSR count). The number of benzene rings is 2. The summed E-state index contributed by atoms with van der Waals surface area (Å²) >= 11 is 0. The molecular weight excluding hydrogens is 491 g/mol. The Labute approximate surface area is 209 Å². The Bertz CT molecular complexity index is 1340. The third-order valence-corrected chi connectivity index (χ3v) is 7.48. The van der Waals surface area contributed by atoms with Crippen molar-refractivity contribution in [2.24, 2.45) is 11.8 Å². The van der Waals surface area contributed by atoms with Crippen LogP contribution in [0.25, 0.3) is 0 Å². The Morgan fingerprint density at radius 2 is 1.84 bits per heavy atom. The molecule has 0 spiro atoms. The van der Waals surface area contributed by atoms with Crippen molar-refractivity contribution in [1.29, 1.82) is 5.26 Å². The number of imide groups is 1. The minimum Gasteiger partial charge on any atom is -0.443 e. The van der Waals surface area contributed by atoms with Gasteiger partial charge < -0.3 is 14.8 Å². The minimum atomic E-state index is -4.85. The SMILES string of the molecule is C[C@]12CC(OC(=O)NCc3ccccc3)[C@](C)(O1)[C@@H]1C(=O)N(c3ccc(C#N)c(C(F)(F)F)c3)C(=O)[C@@H]12. The summed E-state index contributed by atoms with van der Waals surface area (Å²) in [5.74, 6) is -3.44. The fraction of sp³-hybridized carbons (Fsp3) is 0.385. The van der Waals surface area contributed by atoms with E-state index in [1.54, 1.807) is 13.8 Å². The summed E-state index contributed by atoms with van der Waals surface area (Å²) in [6.07, 6.45) is -6.30. The first-order chi connectivity index (χ1) is 17.4. The number of halogens is 3. The van der Waals surface area contributed by atoms with Crippen LogP contribution in [0.3, 0.4) is 0 Å². The lowest BCUT2D eigenvalue weighted by atomic mass is 9.67. The van der Waals surface area contributed by atoms with E-state index in [9.17, 15) is 27.6 Å². The molecular formula is C26H22F3N3O5. The van der Waals surface area contributed by atoms with E-state index in [1.165, 1.54) is 6.07 Å². The second-order valence-corrected chi connectivity index (χ2v) is 9.84. The molecule has 5 atom stereocenters. The molecule has 0 aromatic heterocycles. The van der Waals surface area contributed by atoms with Crippen molar-refractivity contribution < 1.29 is 37.0 Å². The van der Waals surface area contributed by atoms with E-state index in [0.717, 1.165) is 22.6 Å². The Morgan fingerprint density at radius 3 is 2.49 bits per heavy atom. The summed E-state index contributed by atoms with van der Waals surface area (Å²) in [5.41, 5.74) is -3.80. The molecule has 2 bridgehead atoms. The maximum atomic E-state index is 13.5. The predicted molar refractivity (Wildman–Crippen MR) is 122 cm³/mol. The van der Waals surface area contributed by atoms with Crippen LogP contribution in [0.4, 0.5) is 23.7 Å². The molecule has 3 saturated heterocycles. The van der Waals surface area contributed by atoms with Crippen LogP contribution in [0.2, 0.25) is 0 Å². The molecule has 0 saturated carbocycles. The summed E-state index contributed by atoms with van der Waals surface area (Å²) in [7, 11) is 0. The smallest absolute Gasteiger partial charge is 0.417 e. The number of alkyl halides is 3. The average molecular weight is 513 g/mol. The van der Waals surface area contributed by atoms with Crippen molar-refractivity contribution in [3.8, 4) is 6.07 Å². The minimum absolute atomic E-state index is 0.136. The third-order valence-electron chi connectivity index (χ3n) is 7.48. The number of nitriles is 1. The lowest BCUT2D eigenvalue weighted by Crippen LogP contribution is -2.51. The first-order valence-electron chi connectivity index (χ1n) is 11.6. The molecule has 8 nitrogen and oxygen atoms in total. The molecule has 37 heavy (non-hydrogen) atoms. The number of amides is 3. The summed E-state index contributed by atoms with van der Waals surface area (Å²) in [5, 5.41) is 11.7. The van der Waals surface area contributed by atoms with Crippen LogP contribution in [0, 0.1) is 23.2 Å². The first kappa shape index (κ1) is 24.8. The summed E-state index contributed by atoms with van der Waals surface area (Å²) in [6, 6.07) is 13.4. The lowest BCUT2D eigenvalue weighted by molar-refractivity contribution is -0.138. The molecule has 0 radical (unpaired) electrons. The van der Waals surface area contributed by atoms with Crippen LogP contribution in [-0.2, 0) is 31.8 Å². The largest absolute Gasteiger partial charge is 0.443 e. The topological polar surface area (TPSA) is 109 Å². The third kappa shape index (κ3) is 3.83. The second-order valence-electron chi connectivity index (χ2n) is 9.84. The summed E-state index contributed by atoms with van der Waals surface area (Å²) in [4.78, 5) is 40.2. The molecule has 1 N–H and O–H groups in total. The van der Waals surface area contributed by atoms with Crippen LogP contribution in [0.1, 0.15) is 37.0 Å². The van der Waals surface area contributed by atoms with Crippen molar-refractivity contribution in [2.75, 3.05) is 4.90 Å². The molecule has 0 aliphatic carbocycles. The van der Waals surface area contributed by atoms with E-state index >= 15 is 0 Å². The van der Waals surface area contributed by atoms with Gasteiger partial charge in [-0.2, -0.15) is 18.4 Å². The van der Waals surface area contributed by atoms with Gasteiger partial charge in [-0.25, -0.2) is 9.69 Å². The van der Waals surface area contributed by atoms with Gasteiger partial charge in [-0.3, -0.25) is 9.59 Å². The number of hydrogen-bond acceptors (Lipinski definition) is 6. The molecule has 3 heterocycles. The Balaban J connectivity index is 1.39. The molecule has 3 aliphatic rings. The van der Waals surface area contributed by atoms with E-state index in [4.69, 9.17) is 14.7 Å². The highest BCUT2D eigenvalue weighted by atomic mass is 19.4.